The largest absolute Gasteiger partial charge is 0.351 e. The van der Waals surface area contributed by atoms with E-state index in [0.717, 1.165) is 17.4 Å². The lowest BCUT2D eigenvalue weighted by Gasteiger charge is -2.29. The number of aryl methyl sites for hydroxylation is 2. The Bertz CT molecular complexity index is 674. The fraction of sp³-hybridized carbons (Fsp3) is 0.611. The molecule has 1 rings (SSSR count). The summed E-state index contributed by atoms with van der Waals surface area (Å²) >= 11 is 0. The van der Waals surface area contributed by atoms with Gasteiger partial charge in [-0.05, 0) is 42.9 Å². The molecule has 0 aliphatic heterocycles. The number of nitrogens with zero attached hydrogens (tertiary/aromatic N) is 1. The third-order valence-electron chi connectivity index (χ3n) is 4.08. The van der Waals surface area contributed by atoms with Crippen LogP contribution in [0.2, 0.25) is 0 Å². The number of carbonyl (C=O) groups excluding carboxylic acids is 1. The minimum absolute atomic E-state index is 0.0116. The van der Waals surface area contributed by atoms with Crippen LogP contribution in [-0.2, 0) is 14.8 Å². The second-order valence-corrected chi connectivity index (χ2v) is 9.05. The van der Waals surface area contributed by atoms with Crippen LogP contribution < -0.4 is 9.62 Å². The number of rotatable bonds is 7. The topological polar surface area (TPSA) is 66.5 Å². The van der Waals surface area contributed by atoms with Crippen LogP contribution in [0.4, 0.5) is 5.69 Å². The zero-order valence-electron chi connectivity index (χ0n) is 15.8. The highest BCUT2D eigenvalue weighted by atomic mass is 32.2. The third kappa shape index (κ3) is 5.51. The highest BCUT2D eigenvalue weighted by Crippen LogP contribution is 2.24. The molecule has 24 heavy (non-hydrogen) atoms. The summed E-state index contributed by atoms with van der Waals surface area (Å²) in [5.74, 6) is 0.274. The summed E-state index contributed by atoms with van der Waals surface area (Å²) in [5, 5.41) is 2.98. The molecule has 6 heteroatoms. The summed E-state index contributed by atoms with van der Waals surface area (Å²) in [5.41, 5.74) is 2.33. The van der Waals surface area contributed by atoms with Gasteiger partial charge in [0.05, 0.1) is 11.9 Å². The Balaban J connectivity index is 3.08. The van der Waals surface area contributed by atoms with Gasteiger partial charge in [0.2, 0.25) is 15.9 Å². The van der Waals surface area contributed by atoms with Crippen LogP contribution in [0.25, 0.3) is 0 Å². The predicted octanol–water partition coefficient (Wildman–Crippen LogP) is 2.87. The number of amides is 1. The predicted molar refractivity (Wildman–Crippen MR) is 99.7 cm³/mol. The number of sulfonamides is 1. The lowest BCUT2D eigenvalue weighted by Crippen LogP contribution is -2.47. The van der Waals surface area contributed by atoms with Crippen molar-refractivity contribution in [1.82, 2.24) is 5.32 Å². The van der Waals surface area contributed by atoms with Crippen LogP contribution >= 0.6 is 0 Å². The van der Waals surface area contributed by atoms with Gasteiger partial charge >= 0.3 is 0 Å². The van der Waals surface area contributed by atoms with Crippen molar-refractivity contribution in [3.63, 3.8) is 0 Å². The molecule has 0 saturated heterocycles. The van der Waals surface area contributed by atoms with Crippen LogP contribution in [0.15, 0.2) is 18.2 Å². The lowest BCUT2D eigenvalue weighted by molar-refractivity contribution is -0.121. The molecule has 1 aromatic carbocycles. The summed E-state index contributed by atoms with van der Waals surface area (Å²) in [4.78, 5) is 12.5. The van der Waals surface area contributed by atoms with Gasteiger partial charge in [-0.2, -0.15) is 0 Å². The Morgan fingerprint density at radius 2 is 1.67 bits per heavy atom. The average molecular weight is 355 g/mol. The third-order valence-corrected chi connectivity index (χ3v) is 5.21. The van der Waals surface area contributed by atoms with Gasteiger partial charge in [-0.1, -0.05) is 39.8 Å². The smallest absolute Gasteiger partial charge is 0.241 e. The molecule has 0 saturated carbocycles. The Hall–Kier alpha value is -1.56. The number of hydrogen-bond acceptors (Lipinski definition) is 3. The van der Waals surface area contributed by atoms with Crippen molar-refractivity contribution in [3.8, 4) is 0 Å². The molecule has 0 radical (unpaired) electrons. The average Bonchev–Trinajstić information content (AvgIpc) is 2.43. The first-order valence-corrected chi connectivity index (χ1v) is 10.1. The van der Waals surface area contributed by atoms with Gasteiger partial charge in [0.25, 0.3) is 0 Å². The molecule has 0 aliphatic rings. The zero-order chi connectivity index (χ0) is 18.7. The molecule has 5 nitrogen and oxygen atoms in total. The molecule has 0 heterocycles. The number of nitrogens with one attached hydrogen (secondary N) is 1. The van der Waals surface area contributed by atoms with E-state index in [1.165, 1.54) is 4.31 Å². The molecular formula is C18H30N2O3S. The minimum Gasteiger partial charge on any atom is -0.351 e. The maximum absolute atomic E-state index is 12.5. The summed E-state index contributed by atoms with van der Waals surface area (Å²) in [7, 11) is -3.56. The number of anilines is 1. The van der Waals surface area contributed by atoms with Crippen molar-refractivity contribution in [2.75, 3.05) is 17.1 Å². The van der Waals surface area contributed by atoms with Crippen molar-refractivity contribution in [3.05, 3.63) is 29.3 Å². The summed E-state index contributed by atoms with van der Waals surface area (Å²) in [6.45, 7) is 11.7. The molecule has 1 aromatic rings. The Labute approximate surface area is 146 Å². The summed E-state index contributed by atoms with van der Waals surface area (Å²) in [6, 6.07) is 5.60. The second-order valence-electron chi connectivity index (χ2n) is 7.14. The van der Waals surface area contributed by atoms with Crippen molar-refractivity contribution in [2.45, 2.75) is 47.6 Å². The first kappa shape index (κ1) is 20.5. The normalized spacial score (nSPS) is 12.1. The van der Waals surface area contributed by atoms with Gasteiger partial charge < -0.3 is 5.32 Å². The molecule has 0 aliphatic carbocycles. The molecule has 0 fully saturated rings. The van der Waals surface area contributed by atoms with E-state index in [4.69, 9.17) is 0 Å². The quantitative estimate of drug-likeness (QED) is 0.819. The van der Waals surface area contributed by atoms with Gasteiger partial charge in [0.15, 0.2) is 0 Å². The van der Waals surface area contributed by atoms with E-state index in [-0.39, 0.29) is 30.3 Å². The van der Waals surface area contributed by atoms with E-state index in [2.05, 4.69) is 5.32 Å². The highest BCUT2D eigenvalue weighted by molar-refractivity contribution is 7.92. The van der Waals surface area contributed by atoms with E-state index < -0.39 is 10.0 Å². The van der Waals surface area contributed by atoms with Gasteiger partial charge in [-0.3, -0.25) is 9.10 Å². The van der Waals surface area contributed by atoms with E-state index in [9.17, 15) is 13.2 Å². The molecule has 0 atom stereocenters. The van der Waals surface area contributed by atoms with Crippen LogP contribution in [0, 0.1) is 25.7 Å². The maximum Gasteiger partial charge on any atom is 0.241 e. The van der Waals surface area contributed by atoms with Crippen molar-refractivity contribution in [1.29, 1.82) is 0 Å². The monoisotopic (exact) mass is 354 g/mol. The maximum atomic E-state index is 12.5. The number of benzene rings is 1. The van der Waals surface area contributed by atoms with E-state index >= 15 is 0 Å². The fourth-order valence-corrected chi connectivity index (χ4v) is 3.74. The van der Waals surface area contributed by atoms with Crippen molar-refractivity contribution < 1.29 is 13.2 Å². The Morgan fingerprint density at radius 1 is 1.12 bits per heavy atom. The molecule has 0 spiro atoms. The van der Waals surface area contributed by atoms with Gasteiger partial charge in [-0.15, -0.1) is 0 Å². The Kier molecular flexibility index (Phi) is 6.84. The van der Waals surface area contributed by atoms with Crippen molar-refractivity contribution in [2.24, 2.45) is 11.8 Å². The zero-order valence-corrected chi connectivity index (χ0v) is 16.6. The van der Waals surface area contributed by atoms with Crippen LogP contribution in [0.3, 0.4) is 0 Å². The highest BCUT2D eigenvalue weighted by Gasteiger charge is 2.25. The molecule has 1 N–H and O–H groups in total. The molecule has 1 amide bonds. The van der Waals surface area contributed by atoms with E-state index in [0.29, 0.717) is 5.69 Å². The first-order chi connectivity index (χ1) is 10.9. The van der Waals surface area contributed by atoms with E-state index in [1.807, 2.05) is 53.7 Å². The SMILES string of the molecule is Cc1ccc(C)c(N(CC(=O)NC(C(C)C)C(C)C)S(C)(=O)=O)c1. The summed E-state index contributed by atoms with van der Waals surface area (Å²) in [6.07, 6.45) is 1.13. The minimum atomic E-state index is -3.56. The second kappa shape index (κ2) is 8.01. The van der Waals surface area contributed by atoms with Crippen LogP contribution in [0.5, 0.6) is 0 Å². The standard InChI is InChI=1S/C18H30N2O3S/c1-12(2)18(13(3)4)19-17(21)11-20(24(7,22)23)16-10-14(5)8-9-15(16)6/h8-10,12-13,18H,11H2,1-7H3,(H,19,21). The summed E-state index contributed by atoms with van der Waals surface area (Å²) < 4.78 is 25.6. The molecule has 0 aromatic heterocycles. The number of carbonyl (C=O) groups is 1. The van der Waals surface area contributed by atoms with E-state index in [1.54, 1.807) is 6.07 Å². The molecule has 136 valence electrons. The van der Waals surface area contributed by atoms with Crippen molar-refractivity contribution >= 4 is 21.6 Å². The van der Waals surface area contributed by atoms with Gasteiger partial charge in [0.1, 0.15) is 6.54 Å². The fourth-order valence-electron chi connectivity index (χ4n) is 2.83. The van der Waals surface area contributed by atoms with Gasteiger partial charge in [-0.25, -0.2) is 8.42 Å². The lowest BCUT2D eigenvalue weighted by atomic mass is 9.93. The molecule has 0 unspecified atom stereocenters. The van der Waals surface area contributed by atoms with Crippen LogP contribution in [0.1, 0.15) is 38.8 Å². The van der Waals surface area contributed by atoms with Crippen LogP contribution in [-0.4, -0.2) is 33.2 Å². The van der Waals surface area contributed by atoms with Gasteiger partial charge in [0, 0.05) is 6.04 Å². The number of hydrogen-bond donors (Lipinski definition) is 1. The molecule has 0 bridgehead atoms. The Morgan fingerprint density at radius 3 is 2.12 bits per heavy atom. The first-order valence-electron chi connectivity index (χ1n) is 8.27. The molecular weight excluding hydrogens is 324 g/mol.